The third-order valence-corrected chi connectivity index (χ3v) is 3.07. The lowest BCUT2D eigenvalue weighted by Crippen LogP contribution is -2.43. The van der Waals surface area contributed by atoms with Crippen molar-refractivity contribution in [2.24, 2.45) is 5.73 Å². The highest BCUT2D eigenvalue weighted by Gasteiger charge is 2.27. The molecule has 16 heavy (non-hydrogen) atoms. The monoisotopic (exact) mass is 218 g/mol. The van der Waals surface area contributed by atoms with Crippen molar-refractivity contribution in [2.45, 2.75) is 32.2 Å². The number of carbonyl (C=O) groups is 1. The summed E-state index contributed by atoms with van der Waals surface area (Å²) in [4.78, 5) is 13.9. The van der Waals surface area contributed by atoms with Gasteiger partial charge < -0.3 is 10.6 Å². The standard InChI is InChI=1S/C13H18N2O/c1-2-5-11(14)13(16)15-9-8-10-6-3-4-7-12(10)15/h3-4,6-7,11H,2,5,8-9,14H2,1H3. The first-order valence-electron chi connectivity index (χ1n) is 5.89. The number of para-hydroxylation sites is 1. The van der Waals surface area contributed by atoms with Crippen LogP contribution in [0.5, 0.6) is 0 Å². The molecule has 3 nitrogen and oxygen atoms in total. The van der Waals surface area contributed by atoms with E-state index >= 15 is 0 Å². The van der Waals surface area contributed by atoms with Gasteiger partial charge in [0.25, 0.3) is 0 Å². The molecule has 2 N–H and O–H groups in total. The molecule has 1 unspecified atom stereocenters. The Morgan fingerprint density at radius 3 is 3.00 bits per heavy atom. The molecule has 0 fully saturated rings. The predicted molar refractivity (Wildman–Crippen MR) is 65.4 cm³/mol. The molecule has 3 heteroatoms. The molecular weight excluding hydrogens is 200 g/mol. The van der Waals surface area contributed by atoms with Crippen molar-refractivity contribution in [2.75, 3.05) is 11.4 Å². The highest BCUT2D eigenvalue weighted by Crippen LogP contribution is 2.27. The molecule has 0 spiro atoms. The van der Waals surface area contributed by atoms with Gasteiger partial charge in [-0.05, 0) is 24.5 Å². The molecule has 0 saturated heterocycles. The summed E-state index contributed by atoms with van der Waals surface area (Å²) < 4.78 is 0. The normalized spacial score (nSPS) is 16.0. The molecule has 1 heterocycles. The van der Waals surface area contributed by atoms with Crippen LogP contribution in [0.2, 0.25) is 0 Å². The van der Waals surface area contributed by atoms with Crippen LogP contribution in [-0.2, 0) is 11.2 Å². The van der Waals surface area contributed by atoms with Crippen LogP contribution in [0.3, 0.4) is 0 Å². The fourth-order valence-corrected chi connectivity index (χ4v) is 2.20. The predicted octanol–water partition coefficient (Wildman–Crippen LogP) is 1.70. The summed E-state index contributed by atoms with van der Waals surface area (Å²) in [5.74, 6) is 0.0619. The maximum atomic E-state index is 12.1. The van der Waals surface area contributed by atoms with Crippen molar-refractivity contribution in [1.29, 1.82) is 0 Å². The third-order valence-electron chi connectivity index (χ3n) is 3.07. The second-order valence-corrected chi connectivity index (χ2v) is 4.26. The molecule has 1 aliphatic rings. The van der Waals surface area contributed by atoms with Gasteiger partial charge in [-0.15, -0.1) is 0 Å². The Morgan fingerprint density at radius 1 is 1.50 bits per heavy atom. The van der Waals surface area contributed by atoms with E-state index in [9.17, 15) is 4.79 Å². The number of benzene rings is 1. The van der Waals surface area contributed by atoms with Gasteiger partial charge in [-0.3, -0.25) is 4.79 Å². The highest BCUT2D eigenvalue weighted by molar-refractivity contribution is 5.98. The van der Waals surface area contributed by atoms with Crippen LogP contribution in [0, 0.1) is 0 Å². The summed E-state index contributed by atoms with van der Waals surface area (Å²) in [6.07, 6.45) is 2.65. The molecule has 86 valence electrons. The number of hydrogen-bond donors (Lipinski definition) is 1. The molecule has 1 aromatic carbocycles. The van der Waals surface area contributed by atoms with E-state index in [1.54, 1.807) is 0 Å². The van der Waals surface area contributed by atoms with Crippen molar-refractivity contribution in [1.82, 2.24) is 0 Å². The zero-order chi connectivity index (χ0) is 11.5. The van der Waals surface area contributed by atoms with E-state index in [0.717, 1.165) is 31.5 Å². The highest BCUT2D eigenvalue weighted by atomic mass is 16.2. The van der Waals surface area contributed by atoms with Crippen LogP contribution in [-0.4, -0.2) is 18.5 Å². The summed E-state index contributed by atoms with van der Waals surface area (Å²) >= 11 is 0. The van der Waals surface area contributed by atoms with Crippen molar-refractivity contribution in [3.63, 3.8) is 0 Å². The Morgan fingerprint density at radius 2 is 2.25 bits per heavy atom. The number of rotatable bonds is 3. The molecular formula is C13H18N2O. The summed E-state index contributed by atoms with van der Waals surface area (Å²) in [7, 11) is 0. The Kier molecular flexibility index (Phi) is 3.25. The van der Waals surface area contributed by atoms with E-state index in [-0.39, 0.29) is 11.9 Å². The SMILES string of the molecule is CCCC(N)C(=O)N1CCc2ccccc21. The minimum atomic E-state index is -0.351. The van der Waals surface area contributed by atoms with Gasteiger partial charge in [-0.2, -0.15) is 0 Å². The summed E-state index contributed by atoms with van der Waals surface area (Å²) in [6, 6.07) is 7.71. The molecule has 1 aromatic rings. The fraction of sp³-hybridized carbons (Fsp3) is 0.462. The lowest BCUT2D eigenvalue weighted by atomic mass is 10.1. The molecule has 0 radical (unpaired) electrons. The van der Waals surface area contributed by atoms with E-state index in [1.807, 2.05) is 30.0 Å². The van der Waals surface area contributed by atoms with Crippen LogP contribution < -0.4 is 10.6 Å². The van der Waals surface area contributed by atoms with Gasteiger partial charge in [-0.1, -0.05) is 31.5 Å². The first-order chi connectivity index (χ1) is 7.74. The molecule has 0 aliphatic carbocycles. The summed E-state index contributed by atoms with van der Waals surface area (Å²) in [6.45, 7) is 2.82. The molecule has 1 amide bonds. The van der Waals surface area contributed by atoms with Gasteiger partial charge in [0.05, 0.1) is 6.04 Å². The first kappa shape index (κ1) is 11.1. The molecule has 0 aromatic heterocycles. The summed E-state index contributed by atoms with van der Waals surface area (Å²) in [5.41, 5.74) is 8.16. The maximum Gasteiger partial charge on any atom is 0.243 e. The van der Waals surface area contributed by atoms with Crippen molar-refractivity contribution >= 4 is 11.6 Å². The second kappa shape index (κ2) is 4.66. The molecule has 0 saturated carbocycles. The van der Waals surface area contributed by atoms with Gasteiger partial charge in [0.2, 0.25) is 5.91 Å². The van der Waals surface area contributed by atoms with Crippen molar-refractivity contribution < 1.29 is 4.79 Å². The number of hydrogen-bond acceptors (Lipinski definition) is 2. The third kappa shape index (κ3) is 1.95. The number of fused-ring (bicyclic) bond motifs is 1. The van der Waals surface area contributed by atoms with Crippen LogP contribution in [0.4, 0.5) is 5.69 Å². The lowest BCUT2D eigenvalue weighted by molar-refractivity contribution is -0.119. The van der Waals surface area contributed by atoms with Gasteiger partial charge in [0, 0.05) is 12.2 Å². The summed E-state index contributed by atoms with van der Waals surface area (Å²) in [5, 5.41) is 0. The average molecular weight is 218 g/mol. The Hall–Kier alpha value is -1.35. The molecule has 1 aliphatic heterocycles. The zero-order valence-corrected chi connectivity index (χ0v) is 9.65. The number of carbonyl (C=O) groups excluding carboxylic acids is 1. The lowest BCUT2D eigenvalue weighted by Gasteiger charge is -2.21. The van der Waals surface area contributed by atoms with Gasteiger partial charge in [0.15, 0.2) is 0 Å². The second-order valence-electron chi connectivity index (χ2n) is 4.26. The Labute approximate surface area is 96.2 Å². The molecule has 1 atom stereocenters. The average Bonchev–Trinajstić information content (AvgIpc) is 2.72. The zero-order valence-electron chi connectivity index (χ0n) is 9.65. The largest absolute Gasteiger partial charge is 0.320 e. The maximum absolute atomic E-state index is 12.1. The number of nitrogens with two attached hydrogens (primary N) is 1. The number of anilines is 1. The topological polar surface area (TPSA) is 46.3 Å². The quantitative estimate of drug-likeness (QED) is 0.839. The van der Waals surface area contributed by atoms with Crippen molar-refractivity contribution in [3.8, 4) is 0 Å². The smallest absolute Gasteiger partial charge is 0.243 e. The fourth-order valence-electron chi connectivity index (χ4n) is 2.20. The van der Waals surface area contributed by atoms with E-state index in [1.165, 1.54) is 5.56 Å². The van der Waals surface area contributed by atoms with Crippen LogP contribution in [0.25, 0.3) is 0 Å². The van der Waals surface area contributed by atoms with Crippen molar-refractivity contribution in [3.05, 3.63) is 29.8 Å². The van der Waals surface area contributed by atoms with Gasteiger partial charge >= 0.3 is 0 Å². The van der Waals surface area contributed by atoms with Gasteiger partial charge in [-0.25, -0.2) is 0 Å². The van der Waals surface area contributed by atoms with E-state index in [0.29, 0.717) is 0 Å². The van der Waals surface area contributed by atoms with Crippen LogP contribution in [0.1, 0.15) is 25.3 Å². The van der Waals surface area contributed by atoms with Crippen LogP contribution >= 0.6 is 0 Å². The minimum Gasteiger partial charge on any atom is -0.320 e. The van der Waals surface area contributed by atoms with E-state index < -0.39 is 0 Å². The van der Waals surface area contributed by atoms with E-state index in [4.69, 9.17) is 5.73 Å². The first-order valence-corrected chi connectivity index (χ1v) is 5.89. The molecule has 2 rings (SSSR count). The Balaban J connectivity index is 2.16. The number of amides is 1. The van der Waals surface area contributed by atoms with E-state index in [2.05, 4.69) is 6.07 Å². The number of nitrogens with zero attached hydrogens (tertiary/aromatic N) is 1. The Bertz CT molecular complexity index is 389. The minimum absolute atomic E-state index is 0.0619. The van der Waals surface area contributed by atoms with Crippen LogP contribution in [0.15, 0.2) is 24.3 Å². The van der Waals surface area contributed by atoms with Gasteiger partial charge in [0.1, 0.15) is 0 Å². The molecule has 0 bridgehead atoms.